The van der Waals surface area contributed by atoms with Crippen molar-refractivity contribution in [3.8, 4) is 0 Å². The van der Waals surface area contributed by atoms with Crippen molar-refractivity contribution in [2.45, 2.75) is 50.2 Å². The van der Waals surface area contributed by atoms with Gasteiger partial charge in [0.05, 0.1) is 0 Å². The van der Waals surface area contributed by atoms with Crippen LogP contribution in [-0.2, 0) is 4.79 Å². The van der Waals surface area contributed by atoms with Crippen LogP contribution >= 0.6 is 11.3 Å². The lowest BCUT2D eigenvalue weighted by Gasteiger charge is -2.28. The summed E-state index contributed by atoms with van der Waals surface area (Å²) < 4.78 is 0. The second kappa shape index (κ2) is 4.32. The fourth-order valence-corrected chi connectivity index (χ4v) is 4.80. The first-order chi connectivity index (χ1) is 10.3. The van der Waals surface area contributed by atoms with Crippen LogP contribution in [0.5, 0.6) is 0 Å². The molecule has 0 radical (unpaired) electrons. The Hall–Kier alpha value is -0.870. The summed E-state index contributed by atoms with van der Waals surface area (Å²) in [5.74, 6) is 2.96. The van der Waals surface area contributed by atoms with E-state index in [2.05, 4.69) is 27.0 Å². The maximum absolute atomic E-state index is 12.9. The number of carbonyl (C=O) groups is 1. The summed E-state index contributed by atoms with van der Waals surface area (Å²) in [6.07, 6.45) is 7.76. The maximum Gasteiger partial charge on any atom is 0.244 e. The summed E-state index contributed by atoms with van der Waals surface area (Å²) in [5, 5.41) is 7.97. The van der Waals surface area contributed by atoms with Crippen LogP contribution < -0.4 is 5.32 Å². The van der Waals surface area contributed by atoms with E-state index in [4.69, 9.17) is 0 Å². The van der Waals surface area contributed by atoms with E-state index in [0.29, 0.717) is 5.91 Å². The fraction of sp³-hybridized carbons (Fsp3) is 0.706. The molecule has 1 amide bonds. The van der Waals surface area contributed by atoms with Gasteiger partial charge in [0.15, 0.2) is 0 Å². The first-order valence-electron chi connectivity index (χ1n) is 8.38. The molecule has 0 aromatic carbocycles. The molecule has 112 valence electrons. The molecular weight excluding hydrogens is 280 g/mol. The number of hydrogen-bond donors (Lipinski definition) is 1. The van der Waals surface area contributed by atoms with E-state index in [0.717, 1.165) is 37.1 Å². The van der Waals surface area contributed by atoms with Crippen LogP contribution in [0.2, 0.25) is 0 Å². The molecule has 1 unspecified atom stereocenters. The number of thiophene rings is 1. The Kier molecular flexibility index (Phi) is 2.61. The minimum absolute atomic E-state index is 0.131. The van der Waals surface area contributed by atoms with E-state index in [1.54, 1.807) is 11.3 Å². The van der Waals surface area contributed by atoms with E-state index in [1.807, 2.05) is 0 Å². The molecule has 1 N–H and O–H groups in total. The van der Waals surface area contributed by atoms with Crippen LogP contribution in [-0.4, -0.2) is 22.9 Å². The zero-order valence-corrected chi connectivity index (χ0v) is 13.1. The predicted molar refractivity (Wildman–Crippen MR) is 82.8 cm³/mol. The van der Waals surface area contributed by atoms with Crippen LogP contribution in [0.3, 0.4) is 0 Å². The van der Waals surface area contributed by atoms with Gasteiger partial charge in [-0.05, 0) is 78.7 Å². The number of hydrogen-bond acceptors (Lipinski definition) is 3. The number of amides is 1. The van der Waals surface area contributed by atoms with Gasteiger partial charge in [-0.2, -0.15) is 11.3 Å². The Bertz CT molecular complexity index is 545. The quantitative estimate of drug-likeness (QED) is 0.906. The zero-order valence-electron chi connectivity index (χ0n) is 12.3. The Morgan fingerprint density at radius 1 is 1.29 bits per heavy atom. The van der Waals surface area contributed by atoms with Gasteiger partial charge in [-0.25, -0.2) is 0 Å². The van der Waals surface area contributed by atoms with Crippen LogP contribution in [0.1, 0.15) is 50.3 Å². The molecule has 4 fully saturated rings. The van der Waals surface area contributed by atoms with Crippen LogP contribution in [0.15, 0.2) is 16.8 Å². The molecule has 1 aromatic rings. The number of nitrogens with one attached hydrogen (secondary N) is 1. The lowest BCUT2D eigenvalue weighted by Crippen LogP contribution is -2.37. The second-order valence-corrected chi connectivity index (χ2v) is 8.26. The molecule has 1 aromatic heterocycles. The molecule has 21 heavy (non-hydrogen) atoms. The van der Waals surface area contributed by atoms with Crippen molar-refractivity contribution in [3.05, 3.63) is 22.4 Å². The van der Waals surface area contributed by atoms with Crippen molar-refractivity contribution in [3.63, 3.8) is 0 Å². The van der Waals surface area contributed by atoms with Crippen molar-refractivity contribution in [2.24, 2.45) is 17.8 Å². The van der Waals surface area contributed by atoms with Crippen LogP contribution in [0.4, 0.5) is 0 Å². The predicted octanol–water partition coefficient (Wildman–Crippen LogP) is 3.15. The first kappa shape index (κ1) is 12.7. The molecule has 1 saturated heterocycles. The molecule has 4 aliphatic rings. The highest BCUT2D eigenvalue weighted by molar-refractivity contribution is 7.08. The topological polar surface area (TPSA) is 32.3 Å². The SMILES string of the molecule is O=C1N(CC(C2CC2)C2CC2)C(c2ccsc2)NC12CC2. The average molecular weight is 302 g/mol. The summed E-state index contributed by atoms with van der Waals surface area (Å²) in [6, 6.07) is 2.17. The third-order valence-electron chi connectivity index (χ3n) is 5.87. The Morgan fingerprint density at radius 3 is 2.52 bits per heavy atom. The van der Waals surface area contributed by atoms with Gasteiger partial charge in [-0.3, -0.25) is 10.1 Å². The van der Waals surface area contributed by atoms with E-state index >= 15 is 0 Å². The lowest BCUT2D eigenvalue weighted by molar-refractivity contribution is -0.131. The van der Waals surface area contributed by atoms with Crippen LogP contribution in [0.25, 0.3) is 0 Å². The molecule has 3 aliphatic carbocycles. The van der Waals surface area contributed by atoms with Gasteiger partial charge in [-0.15, -0.1) is 0 Å². The fourth-order valence-electron chi connectivity index (χ4n) is 4.12. The summed E-state index contributed by atoms with van der Waals surface area (Å²) in [7, 11) is 0. The average Bonchev–Trinajstić information content (AvgIpc) is 3.35. The normalized spacial score (nSPS) is 30.6. The molecular formula is C17H22N2OS. The lowest BCUT2D eigenvalue weighted by atomic mass is 9.96. The van der Waals surface area contributed by atoms with E-state index in [1.165, 1.54) is 31.2 Å². The van der Waals surface area contributed by atoms with Gasteiger partial charge in [-0.1, -0.05) is 0 Å². The molecule has 5 rings (SSSR count). The summed E-state index contributed by atoms with van der Waals surface area (Å²) >= 11 is 1.73. The van der Waals surface area contributed by atoms with E-state index in [-0.39, 0.29) is 11.7 Å². The molecule has 3 saturated carbocycles. The zero-order chi connectivity index (χ0) is 14.0. The van der Waals surface area contributed by atoms with Gasteiger partial charge in [0.2, 0.25) is 5.91 Å². The highest BCUT2D eigenvalue weighted by Crippen LogP contribution is 2.52. The van der Waals surface area contributed by atoms with Crippen molar-refractivity contribution in [1.82, 2.24) is 10.2 Å². The number of carbonyl (C=O) groups excluding carboxylic acids is 1. The number of rotatable bonds is 5. The van der Waals surface area contributed by atoms with Gasteiger partial charge in [0, 0.05) is 6.54 Å². The third kappa shape index (κ3) is 2.07. The molecule has 1 spiro atoms. The molecule has 1 atom stereocenters. The molecule has 4 heteroatoms. The summed E-state index contributed by atoms with van der Waals surface area (Å²) in [5.41, 5.74) is 1.09. The standard InChI is InChI=1S/C17H22N2OS/c20-16-17(6-7-17)18-15(13-5-8-21-10-13)19(16)9-14(11-1-2-11)12-3-4-12/h5,8,10-12,14-15,18H,1-4,6-7,9H2. The summed E-state index contributed by atoms with van der Waals surface area (Å²) in [6.45, 7) is 0.990. The maximum atomic E-state index is 12.9. The molecule has 0 bridgehead atoms. The van der Waals surface area contributed by atoms with Crippen molar-refractivity contribution >= 4 is 17.2 Å². The first-order valence-corrected chi connectivity index (χ1v) is 9.32. The Labute approximate surface area is 129 Å². The molecule has 2 heterocycles. The van der Waals surface area contributed by atoms with Crippen molar-refractivity contribution < 1.29 is 4.79 Å². The Morgan fingerprint density at radius 2 is 2.00 bits per heavy atom. The van der Waals surface area contributed by atoms with Gasteiger partial charge in [0.1, 0.15) is 11.7 Å². The third-order valence-corrected chi connectivity index (χ3v) is 6.57. The van der Waals surface area contributed by atoms with Crippen molar-refractivity contribution in [1.29, 1.82) is 0 Å². The van der Waals surface area contributed by atoms with Gasteiger partial charge >= 0.3 is 0 Å². The smallest absolute Gasteiger partial charge is 0.244 e. The monoisotopic (exact) mass is 302 g/mol. The largest absolute Gasteiger partial charge is 0.321 e. The molecule has 1 aliphatic heterocycles. The number of nitrogens with zero attached hydrogens (tertiary/aromatic N) is 1. The molecule has 3 nitrogen and oxygen atoms in total. The Balaban J connectivity index is 1.42. The van der Waals surface area contributed by atoms with Crippen LogP contribution in [0, 0.1) is 17.8 Å². The van der Waals surface area contributed by atoms with E-state index in [9.17, 15) is 4.79 Å². The second-order valence-electron chi connectivity index (χ2n) is 7.48. The minimum Gasteiger partial charge on any atom is -0.321 e. The summed E-state index contributed by atoms with van der Waals surface area (Å²) in [4.78, 5) is 15.1. The highest BCUT2D eigenvalue weighted by atomic mass is 32.1. The highest BCUT2D eigenvalue weighted by Gasteiger charge is 2.60. The van der Waals surface area contributed by atoms with Gasteiger partial charge in [0.25, 0.3) is 0 Å². The van der Waals surface area contributed by atoms with Gasteiger partial charge < -0.3 is 4.90 Å². The van der Waals surface area contributed by atoms with E-state index < -0.39 is 0 Å². The van der Waals surface area contributed by atoms with Crippen molar-refractivity contribution in [2.75, 3.05) is 6.54 Å². The minimum atomic E-state index is -0.190.